The summed E-state index contributed by atoms with van der Waals surface area (Å²) >= 11 is 5.67. The van der Waals surface area contributed by atoms with Crippen LogP contribution in [0, 0.1) is 0 Å². The molecule has 0 N–H and O–H groups in total. The Balaban J connectivity index is 1.94. The Morgan fingerprint density at radius 2 is 1.89 bits per heavy atom. The predicted octanol–water partition coefficient (Wildman–Crippen LogP) is 3.74. The summed E-state index contributed by atoms with van der Waals surface area (Å²) in [5.74, 6) is 2.41. The van der Waals surface area contributed by atoms with Crippen molar-refractivity contribution in [2.24, 2.45) is 0 Å². The van der Waals surface area contributed by atoms with Gasteiger partial charge in [-0.2, -0.15) is 4.98 Å². The Morgan fingerprint density at radius 1 is 1.06 bits per heavy atom. The molecule has 1 aromatic carbocycles. The molecule has 2 aromatic heterocycles. The molecule has 0 atom stereocenters. The summed E-state index contributed by atoms with van der Waals surface area (Å²) in [5, 5.41) is 3.92. The quantitative estimate of drug-likeness (QED) is 0.673. The number of nitrogens with zero attached hydrogens (tertiary/aromatic N) is 2. The van der Waals surface area contributed by atoms with Crippen LogP contribution in [-0.2, 0) is 5.88 Å². The van der Waals surface area contributed by atoms with Crippen molar-refractivity contribution in [2.45, 2.75) is 5.88 Å². The van der Waals surface area contributed by atoms with E-state index in [4.69, 9.17) is 20.5 Å². The first-order valence-corrected chi connectivity index (χ1v) is 5.94. The maximum Gasteiger partial charge on any atom is 0.293 e. The van der Waals surface area contributed by atoms with Crippen LogP contribution in [0.4, 0.5) is 0 Å². The fourth-order valence-corrected chi connectivity index (χ4v) is 1.74. The van der Waals surface area contributed by atoms with Gasteiger partial charge in [0.15, 0.2) is 5.76 Å². The molecule has 18 heavy (non-hydrogen) atoms. The van der Waals surface area contributed by atoms with Gasteiger partial charge in [0.25, 0.3) is 5.89 Å². The number of aromatic nitrogens is 2. The van der Waals surface area contributed by atoms with E-state index in [1.54, 1.807) is 12.1 Å². The Kier molecular flexibility index (Phi) is 2.86. The zero-order chi connectivity index (χ0) is 12.4. The van der Waals surface area contributed by atoms with Crippen LogP contribution in [0.25, 0.3) is 23.0 Å². The summed E-state index contributed by atoms with van der Waals surface area (Å²) in [5.41, 5.74) is 0.900. The van der Waals surface area contributed by atoms with E-state index < -0.39 is 0 Å². The third kappa shape index (κ3) is 2.02. The number of hydrogen-bond acceptors (Lipinski definition) is 4. The van der Waals surface area contributed by atoms with Crippen molar-refractivity contribution in [1.29, 1.82) is 0 Å². The van der Waals surface area contributed by atoms with Crippen molar-refractivity contribution in [2.75, 3.05) is 0 Å². The van der Waals surface area contributed by atoms with E-state index in [0.29, 0.717) is 29.1 Å². The highest BCUT2D eigenvalue weighted by Crippen LogP contribution is 2.24. The van der Waals surface area contributed by atoms with Gasteiger partial charge in [0.2, 0.25) is 5.82 Å². The first kappa shape index (κ1) is 11.0. The van der Waals surface area contributed by atoms with Crippen LogP contribution in [-0.4, -0.2) is 10.1 Å². The third-order valence-electron chi connectivity index (χ3n) is 2.46. The average Bonchev–Trinajstić information content (AvgIpc) is 3.08. The highest BCUT2D eigenvalue weighted by Gasteiger charge is 2.13. The van der Waals surface area contributed by atoms with Gasteiger partial charge in [-0.3, -0.25) is 0 Å². The predicted molar refractivity (Wildman–Crippen MR) is 67.0 cm³/mol. The fourth-order valence-electron chi connectivity index (χ4n) is 1.59. The van der Waals surface area contributed by atoms with E-state index in [1.165, 1.54) is 0 Å². The smallest absolute Gasteiger partial charge is 0.293 e. The molecular formula is C13H9ClN2O2. The van der Waals surface area contributed by atoms with E-state index >= 15 is 0 Å². The molecule has 0 aliphatic heterocycles. The Labute approximate surface area is 108 Å². The molecule has 0 saturated heterocycles. The molecule has 0 aliphatic carbocycles. The van der Waals surface area contributed by atoms with Gasteiger partial charge in [-0.05, 0) is 12.1 Å². The van der Waals surface area contributed by atoms with Crippen LogP contribution in [0.3, 0.4) is 0 Å². The van der Waals surface area contributed by atoms with Crippen LogP contribution in [0.2, 0.25) is 0 Å². The Morgan fingerprint density at radius 3 is 2.61 bits per heavy atom. The fraction of sp³-hybridized carbons (Fsp3) is 0.0769. The zero-order valence-electron chi connectivity index (χ0n) is 9.34. The molecule has 5 heteroatoms. The van der Waals surface area contributed by atoms with Crippen LogP contribution in [0.15, 0.2) is 51.4 Å². The molecule has 0 saturated carbocycles. The molecule has 90 valence electrons. The molecular weight excluding hydrogens is 252 g/mol. The van der Waals surface area contributed by atoms with Gasteiger partial charge in [0.05, 0.1) is 5.88 Å². The van der Waals surface area contributed by atoms with Crippen molar-refractivity contribution in [1.82, 2.24) is 10.1 Å². The Hall–Kier alpha value is -2.07. The topological polar surface area (TPSA) is 52.1 Å². The minimum Gasteiger partial charge on any atom is -0.455 e. The lowest BCUT2D eigenvalue weighted by molar-refractivity contribution is 0.413. The normalized spacial score (nSPS) is 10.7. The molecule has 2 heterocycles. The SMILES string of the molecule is ClCc1ccc(-c2nc(-c3ccccc3)no2)o1. The zero-order valence-corrected chi connectivity index (χ0v) is 10.1. The van der Waals surface area contributed by atoms with Crippen LogP contribution >= 0.6 is 11.6 Å². The number of halogens is 1. The first-order chi connectivity index (χ1) is 8.86. The van der Waals surface area contributed by atoms with Gasteiger partial charge in [-0.15, -0.1) is 11.6 Å². The number of benzene rings is 1. The van der Waals surface area contributed by atoms with Crippen molar-refractivity contribution in [3.05, 3.63) is 48.2 Å². The second-order valence-corrected chi connectivity index (χ2v) is 3.96. The van der Waals surface area contributed by atoms with E-state index in [2.05, 4.69) is 10.1 Å². The summed E-state index contributed by atoms with van der Waals surface area (Å²) < 4.78 is 10.6. The van der Waals surface area contributed by atoms with E-state index in [0.717, 1.165) is 5.56 Å². The molecule has 3 rings (SSSR count). The molecule has 0 amide bonds. The molecule has 0 spiro atoms. The lowest BCUT2D eigenvalue weighted by atomic mass is 10.2. The van der Waals surface area contributed by atoms with Gasteiger partial charge in [-0.25, -0.2) is 0 Å². The maximum atomic E-state index is 5.67. The third-order valence-corrected chi connectivity index (χ3v) is 2.73. The number of alkyl halides is 1. The van der Waals surface area contributed by atoms with Crippen molar-refractivity contribution in [3.8, 4) is 23.0 Å². The van der Waals surface area contributed by atoms with Gasteiger partial charge in [0.1, 0.15) is 5.76 Å². The van der Waals surface area contributed by atoms with E-state index in [-0.39, 0.29) is 0 Å². The highest BCUT2D eigenvalue weighted by atomic mass is 35.5. The summed E-state index contributed by atoms with van der Waals surface area (Å²) in [7, 11) is 0. The van der Waals surface area contributed by atoms with Crippen molar-refractivity contribution in [3.63, 3.8) is 0 Å². The molecule has 0 aliphatic rings. The van der Waals surface area contributed by atoms with Crippen LogP contribution < -0.4 is 0 Å². The first-order valence-electron chi connectivity index (χ1n) is 5.41. The lowest BCUT2D eigenvalue weighted by Crippen LogP contribution is -1.79. The van der Waals surface area contributed by atoms with Gasteiger partial charge >= 0.3 is 0 Å². The number of furan rings is 1. The Bertz CT molecular complexity index is 646. The van der Waals surface area contributed by atoms with E-state index in [1.807, 2.05) is 30.3 Å². The molecule has 3 aromatic rings. The summed E-state index contributed by atoms with van der Waals surface area (Å²) in [6, 6.07) is 13.2. The van der Waals surface area contributed by atoms with Crippen LogP contribution in [0.5, 0.6) is 0 Å². The monoisotopic (exact) mass is 260 g/mol. The second-order valence-electron chi connectivity index (χ2n) is 3.69. The molecule has 0 radical (unpaired) electrons. The number of rotatable bonds is 3. The van der Waals surface area contributed by atoms with Crippen molar-refractivity contribution >= 4 is 11.6 Å². The molecule has 0 bridgehead atoms. The average molecular weight is 261 g/mol. The van der Waals surface area contributed by atoms with Crippen LogP contribution in [0.1, 0.15) is 5.76 Å². The summed E-state index contributed by atoms with van der Waals surface area (Å²) in [6.07, 6.45) is 0. The number of hydrogen-bond donors (Lipinski definition) is 0. The standard InChI is InChI=1S/C13H9ClN2O2/c14-8-10-6-7-11(17-10)13-15-12(16-18-13)9-4-2-1-3-5-9/h1-7H,8H2. The molecule has 0 fully saturated rings. The summed E-state index contributed by atoms with van der Waals surface area (Å²) in [6.45, 7) is 0. The highest BCUT2D eigenvalue weighted by molar-refractivity contribution is 6.16. The molecule has 4 nitrogen and oxygen atoms in total. The second kappa shape index (κ2) is 4.66. The van der Waals surface area contributed by atoms with Gasteiger partial charge in [0, 0.05) is 5.56 Å². The minimum atomic E-state index is 0.319. The van der Waals surface area contributed by atoms with Gasteiger partial charge < -0.3 is 8.94 Å². The minimum absolute atomic E-state index is 0.319. The maximum absolute atomic E-state index is 5.67. The largest absolute Gasteiger partial charge is 0.455 e. The summed E-state index contributed by atoms with van der Waals surface area (Å²) in [4.78, 5) is 4.28. The van der Waals surface area contributed by atoms with E-state index in [9.17, 15) is 0 Å². The van der Waals surface area contributed by atoms with Crippen molar-refractivity contribution < 1.29 is 8.94 Å². The lowest BCUT2D eigenvalue weighted by Gasteiger charge is -1.90. The molecule has 0 unspecified atom stereocenters. The van der Waals surface area contributed by atoms with Gasteiger partial charge in [-0.1, -0.05) is 35.5 Å².